The number of carbonyl (C=O) groups is 1. The van der Waals surface area contributed by atoms with Gasteiger partial charge in [0, 0.05) is 24.2 Å². The van der Waals surface area contributed by atoms with Crippen LogP contribution in [0.4, 0.5) is 0 Å². The molecule has 1 aromatic heterocycles. The zero-order valence-corrected chi connectivity index (χ0v) is 18.9. The number of carbonyl (C=O) groups excluding carboxylic acids is 1. The minimum absolute atomic E-state index is 0.0786. The number of piperidine rings is 1. The number of hydrogen-bond acceptors (Lipinski definition) is 5. The predicted octanol–water partition coefficient (Wildman–Crippen LogP) is 4.63. The number of nitrogens with zero attached hydrogens (tertiary/aromatic N) is 3. The number of benzene rings is 1. The molecule has 1 aromatic carbocycles. The van der Waals surface area contributed by atoms with E-state index < -0.39 is 5.97 Å². The predicted molar refractivity (Wildman–Crippen MR) is 125 cm³/mol. The van der Waals surface area contributed by atoms with Crippen molar-refractivity contribution in [3.8, 4) is 0 Å². The van der Waals surface area contributed by atoms with E-state index in [1.165, 1.54) is 44.9 Å². The van der Waals surface area contributed by atoms with Gasteiger partial charge in [-0.15, -0.1) is 0 Å². The lowest BCUT2D eigenvalue weighted by atomic mass is 9.92. The number of ether oxygens (including phenoxy) is 1. The van der Waals surface area contributed by atoms with Crippen LogP contribution < -0.4 is 5.56 Å². The standard InChI is InChI=1S/C26H33N3O3/c1-2-32-26(31)24-25(30)29(23-13-9-8-12-22(23)27-24)21-16-19-14-15-20(17-21)28(19)18-10-6-4-3-5-7-11-18/h6,8-10,12-13,18-21H,2-5,7,11,14-17H2,1H3. The first-order chi connectivity index (χ1) is 15.7. The van der Waals surface area contributed by atoms with Crippen LogP contribution in [0.15, 0.2) is 41.2 Å². The van der Waals surface area contributed by atoms with Crippen molar-refractivity contribution < 1.29 is 9.53 Å². The normalized spacial score (nSPS) is 28.4. The van der Waals surface area contributed by atoms with Gasteiger partial charge in [0.2, 0.25) is 5.69 Å². The zero-order chi connectivity index (χ0) is 22.1. The smallest absolute Gasteiger partial charge is 0.362 e. The number of allylic oxidation sites excluding steroid dienone is 1. The molecule has 0 N–H and O–H groups in total. The second-order valence-electron chi connectivity index (χ2n) is 9.44. The Morgan fingerprint density at radius 2 is 1.84 bits per heavy atom. The lowest BCUT2D eigenvalue weighted by molar-refractivity contribution is 0.0514. The molecule has 0 spiro atoms. The maximum absolute atomic E-state index is 13.5. The number of esters is 1. The van der Waals surface area contributed by atoms with Gasteiger partial charge in [-0.05, 0) is 64.0 Å². The summed E-state index contributed by atoms with van der Waals surface area (Å²) >= 11 is 0. The van der Waals surface area contributed by atoms with Crippen LogP contribution in [0, 0.1) is 0 Å². The van der Waals surface area contributed by atoms with Gasteiger partial charge in [0.05, 0.1) is 17.6 Å². The van der Waals surface area contributed by atoms with Crippen LogP contribution in [0.25, 0.3) is 11.0 Å². The molecule has 3 atom stereocenters. The van der Waals surface area contributed by atoms with E-state index in [9.17, 15) is 9.59 Å². The summed E-state index contributed by atoms with van der Waals surface area (Å²) in [7, 11) is 0. The van der Waals surface area contributed by atoms with Crippen LogP contribution in [0.1, 0.15) is 81.2 Å². The van der Waals surface area contributed by atoms with Crippen molar-refractivity contribution >= 4 is 17.0 Å². The average molecular weight is 436 g/mol. The third-order valence-corrected chi connectivity index (χ3v) is 7.51. The molecule has 1 aliphatic carbocycles. The molecule has 2 saturated heterocycles. The van der Waals surface area contributed by atoms with Gasteiger partial charge < -0.3 is 9.30 Å². The summed E-state index contributed by atoms with van der Waals surface area (Å²) in [4.78, 5) is 33.1. The van der Waals surface area contributed by atoms with E-state index in [0.717, 1.165) is 18.4 Å². The van der Waals surface area contributed by atoms with Crippen LogP contribution in [0.2, 0.25) is 0 Å². The Balaban J connectivity index is 1.49. The van der Waals surface area contributed by atoms with Crippen molar-refractivity contribution in [2.24, 2.45) is 0 Å². The number of aromatic nitrogens is 2. The Morgan fingerprint density at radius 1 is 1.06 bits per heavy atom. The van der Waals surface area contributed by atoms with Gasteiger partial charge in [0.1, 0.15) is 0 Å². The lowest BCUT2D eigenvalue weighted by Gasteiger charge is -2.43. The molecule has 170 valence electrons. The van der Waals surface area contributed by atoms with Crippen molar-refractivity contribution in [1.82, 2.24) is 14.5 Å². The number of rotatable bonds is 4. The van der Waals surface area contributed by atoms with Gasteiger partial charge in [-0.25, -0.2) is 9.78 Å². The van der Waals surface area contributed by atoms with Crippen molar-refractivity contribution in [3.05, 3.63) is 52.5 Å². The molecule has 0 saturated carbocycles. The summed E-state index contributed by atoms with van der Waals surface area (Å²) in [6.45, 7) is 1.97. The van der Waals surface area contributed by atoms with Crippen LogP contribution in [0.3, 0.4) is 0 Å². The van der Waals surface area contributed by atoms with E-state index in [4.69, 9.17) is 4.74 Å². The molecule has 3 unspecified atom stereocenters. The zero-order valence-electron chi connectivity index (χ0n) is 18.9. The second-order valence-corrected chi connectivity index (χ2v) is 9.44. The molecular formula is C26H33N3O3. The Bertz CT molecular complexity index is 1060. The highest BCUT2D eigenvalue weighted by atomic mass is 16.5. The van der Waals surface area contributed by atoms with E-state index in [1.807, 2.05) is 28.8 Å². The number of para-hydroxylation sites is 2. The Kier molecular flexibility index (Phi) is 6.13. The maximum Gasteiger partial charge on any atom is 0.362 e. The van der Waals surface area contributed by atoms with Gasteiger partial charge in [-0.2, -0.15) is 0 Å². The minimum atomic E-state index is -0.628. The van der Waals surface area contributed by atoms with E-state index >= 15 is 0 Å². The summed E-state index contributed by atoms with van der Waals surface area (Å²) in [6.07, 6.45) is 15.4. The number of fused-ring (bicyclic) bond motifs is 3. The number of hydrogen-bond donors (Lipinski definition) is 0. The topological polar surface area (TPSA) is 64.4 Å². The Morgan fingerprint density at radius 3 is 2.62 bits per heavy atom. The summed E-state index contributed by atoms with van der Waals surface area (Å²) in [5, 5.41) is 0. The fourth-order valence-corrected chi connectivity index (χ4v) is 6.18. The maximum atomic E-state index is 13.5. The molecular weight excluding hydrogens is 402 g/mol. The molecule has 5 rings (SSSR count). The van der Waals surface area contributed by atoms with Crippen molar-refractivity contribution in [3.63, 3.8) is 0 Å². The third kappa shape index (κ3) is 3.90. The summed E-state index contributed by atoms with van der Waals surface area (Å²) in [5.41, 5.74) is 1.08. The van der Waals surface area contributed by atoms with Gasteiger partial charge in [0.15, 0.2) is 0 Å². The molecule has 2 bridgehead atoms. The minimum Gasteiger partial charge on any atom is -0.461 e. The van der Waals surface area contributed by atoms with Crippen LogP contribution in [-0.4, -0.2) is 45.2 Å². The molecule has 3 heterocycles. The third-order valence-electron chi connectivity index (χ3n) is 7.51. The van der Waals surface area contributed by atoms with Gasteiger partial charge >= 0.3 is 5.97 Å². The first-order valence-corrected chi connectivity index (χ1v) is 12.3. The van der Waals surface area contributed by atoms with Crippen LogP contribution >= 0.6 is 0 Å². The van der Waals surface area contributed by atoms with E-state index in [-0.39, 0.29) is 23.9 Å². The first kappa shape index (κ1) is 21.4. The fraction of sp³-hybridized carbons (Fsp3) is 0.577. The molecule has 2 aliphatic heterocycles. The van der Waals surface area contributed by atoms with Crippen LogP contribution in [-0.2, 0) is 4.74 Å². The van der Waals surface area contributed by atoms with Gasteiger partial charge in [-0.1, -0.05) is 37.1 Å². The van der Waals surface area contributed by atoms with Crippen LogP contribution in [0.5, 0.6) is 0 Å². The van der Waals surface area contributed by atoms with Crippen molar-refractivity contribution in [2.75, 3.05) is 6.61 Å². The van der Waals surface area contributed by atoms with E-state index in [0.29, 0.717) is 23.6 Å². The molecule has 6 nitrogen and oxygen atoms in total. The second kappa shape index (κ2) is 9.18. The molecule has 2 aromatic rings. The first-order valence-electron chi connectivity index (χ1n) is 12.3. The quantitative estimate of drug-likeness (QED) is 0.518. The molecule has 3 aliphatic rings. The largest absolute Gasteiger partial charge is 0.461 e. The summed E-state index contributed by atoms with van der Waals surface area (Å²) in [6, 6.07) is 9.22. The summed E-state index contributed by atoms with van der Waals surface area (Å²) in [5.74, 6) is -0.628. The highest BCUT2D eigenvalue weighted by Crippen LogP contribution is 2.43. The molecule has 0 radical (unpaired) electrons. The van der Waals surface area contributed by atoms with Crippen molar-refractivity contribution in [2.45, 2.75) is 88.9 Å². The SMILES string of the molecule is CCOC(=O)c1nc2ccccc2n(C2CC3CCC(C2)N3C2C=CCCCCC2)c1=O. The van der Waals surface area contributed by atoms with E-state index in [2.05, 4.69) is 22.0 Å². The lowest BCUT2D eigenvalue weighted by Crippen LogP contribution is -2.49. The molecule has 0 amide bonds. The highest BCUT2D eigenvalue weighted by Gasteiger charge is 2.44. The Labute approximate surface area is 189 Å². The van der Waals surface area contributed by atoms with Gasteiger partial charge in [0.25, 0.3) is 5.56 Å². The average Bonchev–Trinajstić information content (AvgIpc) is 3.02. The monoisotopic (exact) mass is 435 g/mol. The summed E-state index contributed by atoms with van der Waals surface area (Å²) < 4.78 is 6.99. The van der Waals surface area contributed by atoms with E-state index in [1.54, 1.807) is 6.92 Å². The molecule has 2 fully saturated rings. The van der Waals surface area contributed by atoms with Crippen molar-refractivity contribution in [1.29, 1.82) is 0 Å². The molecule has 6 heteroatoms. The fourth-order valence-electron chi connectivity index (χ4n) is 6.18. The molecule has 32 heavy (non-hydrogen) atoms. The Hall–Kier alpha value is -2.47. The highest BCUT2D eigenvalue weighted by molar-refractivity contribution is 5.89. The van der Waals surface area contributed by atoms with Gasteiger partial charge in [-0.3, -0.25) is 9.69 Å².